The molecule has 0 atom stereocenters. The van der Waals surface area contributed by atoms with Gasteiger partial charge in [0, 0.05) is 6.04 Å². The topological polar surface area (TPSA) is 55.6 Å². The lowest BCUT2D eigenvalue weighted by molar-refractivity contribution is 0.632. The Kier molecular flexibility index (Phi) is 2.42. The Balaban J connectivity index is 1.78. The van der Waals surface area contributed by atoms with Crippen LogP contribution in [0, 0.1) is 5.82 Å². The minimum absolute atomic E-state index is 0.319. The third-order valence-corrected chi connectivity index (χ3v) is 3.43. The molecule has 1 aliphatic rings. The zero-order valence-electron chi connectivity index (χ0n) is 10.6. The fraction of sp³-hybridized carbons (Fsp3) is 0.214. The predicted octanol–water partition coefficient (Wildman–Crippen LogP) is 3.04. The van der Waals surface area contributed by atoms with Gasteiger partial charge in [-0.2, -0.15) is 0 Å². The van der Waals surface area contributed by atoms with Gasteiger partial charge in [-0.25, -0.2) is 19.3 Å². The van der Waals surface area contributed by atoms with Gasteiger partial charge in [0.15, 0.2) is 17.0 Å². The zero-order valence-corrected chi connectivity index (χ0v) is 10.6. The van der Waals surface area contributed by atoms with Gasteiger partial charge < -0.3 is 9.88 Å². The van der Waals surface area contributed by atoms with Gasteiger partial charge in [-0.05, 0) is 25.0 Å². The number of para-hydroxylation sites is 1. The first-order valence-electron chi connectivity index (χ1n) is 6.52. The van der Waals surface area contributed by atoms with E-state index in [4.69, 9.17) is 0 Å². The van der Waals surface area contributed by atoms with Gasteiger partial charge in [-0.15, -0.1) is 0 Å². The summed E-state index contributed by atoms with van der Waals surface area (Å²) in [4.78, 5) is 12.8. The normalized spacial score (nSPS) is 14.7. The van der Waals surface area contributed by atoms with Crippen LogP contribution in [0.1, 0.15) is 18.9 Å². The van der Waals surface area contributed by atoms with Crippen molar-refractivity contribution in [3.63, 3.8) is 0 Å². The van der Waals surface area contributed by atoms with Crippen LogP contribution < -0.4 is 5.32 Å². The van der Waals surface area contributed by atoms with Crippen LogP contribution in [0.25, 0.3) is 11.2 Å². The lowest BCUT2D eigenvalue weighted by atomic mass is 10.3. The van der Waals surface area contributed by atoms with Crippen LogP contribution in [0.15, 0.2) is 36.9 Å². The molecule has 0 amide bonds. The molecule has 1 aromatic carbocycles. The first-order valence-corrected chi connectivity index (χ1v) is 6.52. The highest BCUT2D eigenvalue weighted by molar-refractivity contribution is 5.85. The Morgan fingerprint density at radius 3 is 2.80 bits per heavy atom. The molecular formula is C14H12FN5. The number of hydrogen-bond acceptors (Lipinski definition) is 4. The second-order valence-corrected chi connectivity index (χ2v) is 4.88. The summed E-state index contributed by atoms with van der Waals surface area (Å²) in [7, 11) is 0. The molecule has 0 radical (unpaired) electrons. The molecule has 1 saturated carbocycles. The Labute approximate surface area is 114 Å². The summed E-state index contributed by atoms with van der Waals surface area (Å²) >= 11 is 0. The molecule has 20 heavy (non-hydrogen) atoms. The van der Waals surface area contributed by atoms with E-state index in [9.17, 15) is 4.39 Å². The van der Waals surface area contributed by atoms with E-state index >= 15 is 0 Å². The van der Waals surface area contributed by atoms with Crippen LogP contribution in [0.3, 0.4) is 0 Å². The van der Waals surface area contributed by atoms with Crippen molar-refractivity contribution in [3.8, 4) is 0 Å². The molecule has 0 saturated heterocycles. The third-order valence-electron chi connectivity index (χ3n) is 3.43. The molecular weight excluding hydrogens is 257 g/mol. The highest BCUT2D eigenvalue weighted by Gasteiger charge is 2.26. The zero-order chi connectivity index (χ0) is 13.5. The van der Waals surface area contributed by atoms with Crippen LogP contribution in [0.5, 0.6) is 0 Å². The highest BCUT2D eigenvalue weighted by atomic mass is 19.1. The van der Waals surface area contributed by atoms with Gasteiger partial charge in [0.2, 0.25) is 0 Å². The summed E-state index contributed by atoms with van der Waals surface area (Å²) in [6, 6.07) is 6.99. The molecule has 3 aromatic rings. The van der Waals surface area contributed by atoms with Gasteiger partial charge in [-0.3, -0.25) is 0 Å². The number of halogens is 1. The monoisotopic (exact) mass is 269 g/mol. The number of hydrogen-bond donors (Lipinski definition) is 1. The number of benzene rings is 1. The van der Waals surface area contributed by atoms with Crippen LogP contribution >= 0.6 is 0 Å². The van der Waals surface area contributed by atoms with Gasteiger partial charge in [0.1, 0.15) is 12.1 Å². The molecule has 0 bridgehead atoms. The summed E-state index contributed by atoms with van der Waals surface area (Å²) in [6.45, 7) is 0. The van der Waals surface area contributed by atoms with Crippen LogP contribution in [-0.2, 0) is 0 Å². The molecule has 0 spiro atoms. The summed E-state index contributed by atoms with van der Waals surface area (Å²) in [5.74, 6) is 0.209. The maximum Gasteiger partial charge on any atom is 0.165 e. The van der Waals surface area contributed by atoms with Crippen molar-refractivity contribution in [2.75, 3.05) is 5.32 Å². The van der Waals surface area contributed by atoms with Gasteiger partial charge in [0.25, 0.3) is 0 Å². The van der Waals surface area contributed by atoms with Crippen molar-refractivity contribution >= 4 is 22.7 Å². The van der Waals surface area contributed by atoms with E-state index in [0.717, 1.165) is 18.5 Å². The van der Waals surface area contributed by atoms with E-state index in [0.29, 0.717) is 23.1 Å². The van der Waals surface area contributed by atoms with E-state index < -0.39 is 0 Å². The van der Waals surface area contributed by atoms with Gasteiger partial charge in [0.05, 0.1) is 12.0 Å². The molecule has 1 fully saturated rings. The van der Waals surface area contributed by atoms with Crippen molar-refractivity contribution in [2.45, 2.75) is 18.9 Å². The molecule has 1 N–H and O–H groups in total. The Bertz CT molecular complexity index is 778. The van der Waals surface area contributed by atoms with E-state index in [1.165, 1.54) is 12.4 Å². The fourth-order valence-electron chi connectivity index (χ4n) is 2.25. The molecule has 0 aliphatic heterocycles. The molecule has 100 valence electrons. The summed E-state index contributed by atoms with van der Waals surface area (Å²) in [6.07, 6.45) is 5.58. The van der Waals surface area contributed by atoms with Crippen molar-refractivity contribution < 1.29 is 4.39 Å². The lowest BCUT2D eigenvalue weighted by Gasteiger charge is -2.07. The quantitative estimate of drug-likeness (QED) is 0.794. The van der Waals surface area contributed by atoms with Crippen molar-refractivity contribution in [1.29, 1.82) is 0 Å². The number of nitrogens with one attached hydrogen (secondary N) is 1. The van der Waals surface area contributed by atoms with Gasteiger partial charge >= 0.3 is 0 Å². The predicted molar refractivity (Wildman–Crippen MR) is 73.3 cm³/mol. The highest BCUT2D eigenvalue weighted by Crippen LogP contribution is 2.37. The number of anilines is 2. The molecule has 4 rings (SSSR count). The maximum atomic E-state index is 13.7. The smallest absolute Gasteiger partial charge is 0.165 e. The second-order valence-electron chi connectivity index (χ2n) is 4.88. The SMILES string of the molecule is Fc1ccccc1Nc1ncnc2c1ncn2C1CC1. The lowest BCUT2D eigenvalue weighted by Crippen LogP contribution is -1.99. The standard InChI is InChI=1S/C14H12FN5/c15-10-3-1-2-4-11(10)19-13-12-14(17-7-16-13)20(8-18-12)9-5-6-9/h1-4,7-9H,5-6H2,(H,16,17,19). The third kappa shape index (κ3) is 1.80. The number of aromatic nitrogens is 4. The van der Waals surface area contributed by atoms with Crippen molar-refractivity contribution in [3.05, 3.63) is 42.7 Å². The molecule has 0 unspecified atom stereocenters. The van der Waals surface area contributed by atoms with Gasteiger partial charge in [-0.1, -0.05) is 12.1 Å². The molecule has 1 aliphatic carbocycles. The summed E-state index contributed by atoms with van der Waals surface area (Å²) in [5, 5.41) is 2.99. The average molecular weight is 269 g/mol. The van der Waals surface area contributed by atoms with E-state index in [1.54, 1.807) is 24.5 Å². The second kappa shape index (κ2) is 4.26. The minimum Gasteiger partial charge on any atom is -0.336 e. The summed E-state index contributed by atoms with van der Waals surface area (Å²) in [5.41, 5.74) is 1.84. The number of imidazole rings is 1. The van der Waals surface area contributed by atoms with E-state index in [-0.39, 0.29) is 5.82 Å². The number of rotatable bonds is 3. The van der Waals surface area contributed by atoms with Crippen molar-refractivity contribution in [2.24, 2.45) is 0 Å². The first kappa shape index (κ1) is 11.3. The number of fused-ring (bicyclic) bond motifs is 1. The summed E-state index contributed by atoms with van der Waals surface area (Å²) < 4.78 is 15.7. The van der Waals surface area contributed by atoms with Crippen LogP contribution in [-0.4, -0.2) is 19.5 Å². The Morgan fingerprint density at radius 2 is 2.00 bits per heavy atom. The first-order chi connectivity index (χ1) is 9.83. The average Bonchev–Trinajstić information content (AvgIpc) is 3.21. The van der Waals surface area contributed by atoms with Crippen LogP contribution in [0.4, 0.5) is 15.9 Å². The molecule has 6 heteroatoms. The molecule has 2 aromatic heterocycles. The number of nitrogens with zero attached hydrogens (tertiary/aromatic N) is 4. The Morgan fingerprint density at radius 1 is 1.15 bits per heavy atom. The largest absolute Gasteiger partial charge is 0.336 e. The molecule has 5 nitrogen and oxygen atoms in total. The van der Waals surface area contributed by atoms with E-state index in [1.807, 2.05) is 0 Å². The minimum atomic E-state index is -0.319. The van der Waals surface area contributed by atoms with Crippen LogP contribution in [0.2, 0.25) is 0 Å². The molecule has 2 heterocycles. The van der Waals surface area contributed by atoms with Crippen molar-refractivity contribution in [1.82, 2.24) is 19.5 Å². The maximum absolute atomic E-state index is 13.7. The van der Waals surface area contributed by atoms with E-state index in [2.05, 4.69) is 24.8 Å². The Hall–Kier alpha value is -2.50. The fourth-order valence-corrected chi connectivity index (χ4v) is 2.25.